The Labute approximate surface area is 111 Å². The van der Waals surface area contributed by atoms with E-state index in [2.05, 4.69) is 62.4 Å². The number of rotatable bonds is 8. The molecular formula is C15H26N2O. The molecule has 0 spiro atoms. The molecule has 0 unspecified atom stereocenters. The number of ether oxygens (including phenoxy) is 1. The largest absolute Gasteiger partial charge is 0.380 e. The summed E-state index contributed by atoms with van der Waals surface area (Å²) in [6, 6.07) is 8.62. The van der Waals surface area contributed by atoms with Crippen LogP contribution in [0, 0.1) is 5.92 Å². The predicted octanol–water partition coefficient (Wildman–Crippen LogP) is 2.51. The second-order valence-corrected chi connectivity index (χ2v) is 5.21. The second-order valence-electron chi connectivity index (χ2n) is 5.21. The Kier molecular flexibility index (Phi) is 6.76. The van der Waals surface area contributed by atoms with Gasteiger partial charge in [-0.25, -0.2) is 0 Å². The average Bonchev–Trinajstić information content (AvgIpc) is 2.34. The van der Waals surface area contributed by atoms with Gasteiger partial charge in [-0.05, 0) is 23.6 Å². The summed E-state index contributed by atoms with van der Waals surface area (Å²) in [7, 11) is 4.11. The summed E-state index contributed by atoms with van der Waals surface area (Å²) < 4.78 is 5.51. The van der Waals surface area contributed by atoms with E-state index < -0.39 is 0 Å². The number of nitrogens with zero attached hydrogens (tertiary/aromatic N) is 1. The van der Waals surface area contributed by atoms with Crippen molar-refractivity contribution < 1.29 is 4.74 Å². The summed E-state index contributed by atoms with van der Waals surface area (Å²) in [5.41, 5.74) is 2.54. The van der Waals surface area contributed by atoms with Gasteiger partial charge in [0.25, 0.3) is 0 Å². The highest BCUT2D eigenvalue weighted by Crippen LogP contribution is 2.11. The molecule has 1 aromatic carbocycles. The van der Waals surface area contributed by atoms with Crippen molar-refractivity contribution in [1.29, 1.82) is 0 Å². The fraction of sp³-hybridized carbons (Fsp3) is 0.600. The Morgan fingerprint density at radius 2 is 1.83 bits per heavy atom. The monoisotopic (exact) mass is 250 g/mol. The quantitative estimate of drug-likeness (QED) is 0.718. The lowest BCUT2D eigenvalue weighted by Crippen LogP contribution is -2.20. The Morgan fingerprint density at radius 3 is 2.39 bits per heavy atom. The molecule has 0 aliphatic rings. The third kappa shape index (κ3) is 6.03. The molecule has 0 saturated carbocycles. The zero-order valence-corrected chi connectivity index (χ0v) is 12.1. The molecular weight excluding hydrogens is 224 g/mol. The molecule has 0 amide bonds. The van der Waals surface area contributed by atoms with Crippen molar-refractivity contribution in [2.24, 2.45) is 5.92 Å². The highest BCUT2D eigenvalue weighted by atomic mass is 16.5. The maximum absolute atomic E-state index is 5.51. The molecule has 0 aromatic heterocycles. The Hall–Kier alpha value is -1.06. The van der Waals surface area contributed by atoms with Crippen molar-refractivity contribution in [3.8, 4) is 0 Å². The van der Waals surface area contributed by atoms with Crippen LogP contribution in [-0.2, 0) is 11.3 Å². The molecule has 0 aliphatic heterocycles. The molecule has 0 heterocycles. The molecule has 3 heteroatoms. The van der Waals surface area contributed by atoms with Crippen molar-refractivity contribution in [2.45, 2.75) is 20.4 Å². The van der Waals surface area contributed by atoms with Gasteiger partial charge in [0.1, 0.15) is 0 Å². The van der Waals surface area contributed by atoms with Crippen molar-refractivity contribution >= 4 is 5.69 Å². The van der Waals surface area contributed by atoms with Crippen LogP contribution in [0.5, 0.6) is 0 Å². The summed E-state index contributed by atoms with van der Waals surface area (Å²) in [6.45, 7) is 7.77. The third-order valence-corrected chi connectivity index (χ3v) is 2.66. The summed E-state index contributed by atoms with van der Waals surface area (Å²) in [5.74, 6) is 0.614. The Morgan fingerprint density at radius 1 is 1.17 bits per heavy atom. The molecule has 3 nitrogen and oxygen atoms in total. The molecule has 0 radical (unpaired) electrons. The maximum atomic E-state index is 5.51. The molecule has 0 fully saturated rings. The van der Waals surface area contributed by atoms with E-state index in [1.54, 1.807) is 0 Å². The fourth-order valence-corrected chi connectivity index (χ4v) is 1.61. The molecule has 1 aromatic rings. The van der Waals surface area contributed by atoms with Crippen LogP contribution in [0.2, 0.25) is 0 Å². The SMILES string of the molecule is CC(C)COCCNCc1ccc(N(C)C)cc1. The van der Waals surface area contributed by atoms with Crippen LogP contribution in [0.15, 0.2) is 24.3 Å². The van der Waals surface area contributed by atoms with E-state index in [1.807, 2.05) is 0 Å². The molecule has 0 atom stereocenters. The summed E-state index contributed by atoms with van der Waals surface area (Å²) in [5, 5.41) is 3.39. The number of anilines is 1. The van der Waals surface area contributed by atoms with Gasteiger partial charge in [0.15, 0.2) is 0 Å². The summed E-state index contributed by atoms with van der Waals surface area (Å²) in [4.78, 5) is 2.11. The van der Waals surface area contributed by atoms with Crippen molar-refractivity contribution in [3.63, 3.8) is 0 Å². The molecule has 0 bridgehead atoms. The third-order valence-electron chi connectivity index (χ3n) is 2.66. The average molecular weight is 250 g/mol. The highest BCUT2D eigenvalue weighted by Gasteiger charge is 1.97. The topological polar surface area (TPSA) is 24.5 Å². The summed E-state index contributed by atoms with van der Waals surface area (Å²) >= 11 is 0. The zero-order chi connectivity index (χ0) is 13.4. The normalized spacial score (nSPS) is 10.9. The van der Waals surface area contributed by atoms with Crippen LogP contribution in [0.25, 0.3) is 0 Å². The van der Waals surface area contributed by atoms with Crippen LogP contribution < -0.4 is 10.2 Å². The maximum Gasteiger partial charge on any atom is 0.0591 e. The molecule has 102 valence electrons. The molecule has 0 aliphatic carbocycles. The van der Waals surface area contributed by atoms with Gasteiger partial charge in [-0.2, -0.15) is 0 Å². The van der Waals surface area contributed by atoms with Crippen LogP contribution in [0.4, 0.5) is 5.69 Å². The lowest BCUT2D eigenvalue weighted by molar-refractivity contribution is 0.111. The van der Waals surface area contributed by atoms with Crippen molar-refractivity contribution in [2.75, 3.05) is 38.8 Å². The molecule has 1 N–H and O–H groups in total. The first-order valence-corrected chi connectivity index (χ1v) is 6.64. The molecule has 0 saturated heterocycles. The number of nitrogens with one attached hydrogen (secondary N) is 1. The zero-order valence-electron chi connectivity index (χ0n) is 12.1. The highest BCUT2D eigenvalue weighted by molar-refractivity contribution is 5.45. The van der Waals surface area contributed by atoms with E-state index in [-0.39, 0.29) is 0 Å². The fourth-order valence-electron chi connectivity index (χ4n) is 1.61. The van der Waals surface area contributed by atoms with E-state index in [9.17, 15) is 0 Å². The van der Waals surface area contributed by atoms with Crippen LogP contribution in [-0.4, -0.2) is 33.9 Å². The number of hydrogen-bond acceptors (Lipinski definition) is 3. The van der Waals surface area contributed by atoms with Crippen molar-refractivity contribution in [3.05, 3.63) is 29.8 Å². The van der Waals surface area contributed by atoms with E-state index in [0.717, 1.165) is 26.3 Å². The van der Waals surface area contributed by atoms with Gasteiger partial charge in [0.05, 0.1) is 6.61 Å². The number of hydrogen-bond donors (Lipinski definition) is 1. The van der Waals surface area contributed by atoms with Gasteiger partial charge in [0, 0.05) is 39.5 Å². The smallest absolute Gasteiger partial charge is 0.0591 e. The van der Waals surface area contributed by atoms with Gasteiger partial charge in [-0.3, -0.25) is 0 Å². The van der Waals surface area contributed by atoms with E-state index in [0.29, 0.717) is 5.92 Å². The van der Waals surface area contributed by atoms with Gasteiger partial charge in [-0.15, -0.1) is 0 Å². The van der Waals surface area contributed by atoms with Gasteiger partial charge in [-0.1, -0.05) is 26.0 Å². The van der Waals surface area contributed by atoms with E-state index in [1.165, 1.54) is 11.3 Å². The first kappa shape index (κ1) is 15.0. The minimum atomic E-state index is 0.614. The van der Waals surface area contributed by atoms with E-state index >= 15 is 0 Å². The molecule has 1 rings (SSSR count). The van der Waals surface area contributed by atoms with Gasteiger partial charge < -0.3 is 15.0 Å². The van der Waals surface area contributed by atoms with Gasteiger partial charge >= 0.3 is 0 Å². The first-order valence-electron chi connectivity index (χ1n) is 6.64. The second kappa shape index (κ2) is 8.11. The minimum absolute atomic E-state index is 0.614. The van der Waals surface area contributed by atoms with Crippen LogP contribution >= 0.6 is 0 Å². The predicted molar refractivity (Wildman–Crippen MR) is 78.1 cm³/mol. The molecule has 18 heavy (non-hydrogen) atoms. The standard InChI is InChI=1S/C15H26N2O/c1-13(2)12-18-10-9-16-11-14-5-7-15(8-6-14)17(3)4/h5-8,13,16H,9-12H2,1-4H3. The Bertz CT molecular complexity index is 320. The van der Waals surface area contributed by atoms with Crippen LogP contribution in [0.1, 0.15) is 19.4 Å². The lowest BCUT2D eigenvalue weighted by Gasteiger charge is -2.13. The lowest BCUT2D eigenvalue weighted by atomic mass is 10.2. The van der Waals surface area contributed by atoms with E-state index in [4.69, 9.17) is 4.74 Å². The van der Waals surface area contributed by atoms with Crippen molar-refractivity contribution in [1.82, 2.24) is 5.32 Å². The Balaban J connectivity index is 2.15. The minimum Gasteiger partial charge on any atom is -0.380 e. The number of benzene rings is 1. The first-order chi connectivity index (χ1) is 8.59. The van der Waals surface area contributed by atoms with Gasteiger partial charge in [0.2, 0.25) is 0 Å². The van der Waals surface area contributed by atoms with Crippen LogP contribution in [0.3, 0.4) is 0 Å². The summed E-state index contributed by atoms with van der Waals surface area (Å²) in [6.07, 6.45) is 0.